The number of anilines is 1. The Morgan fingerprint density at radius 2 is 2.08 bits per heavy atom. The van der Waals surface area contributed by atoms with Crippen LogP contribution >= 0.6 is 0 Å². The zero-order chi connectivity index (χ0) is 16.8. The van der Waals surface area contributed by atoms with Gasteiger partial charge in [-0.25, -0.2) is 9.55 Å². The highest BCUT2D eigenvalue weighted by Gasteiger charge is 2.37. The maximum atomic E-state index is 9.98. The summed E-state index contributed by atoms with van der Waals surface area (Å²) in [4.78, 5) is 8.76. The van der Waals surface area contributed by atoms with Crippen molar-refractivity contribution in [2.75, 3.05) is 18.5 Å². The summed E-state index contributed by atoms with van der Waals surface area (Å²) in [5, 5.41) is 41.6. The van der Waals surface area contributed by atoms with Gasteiger partial charge in [0.05, 0.1) is 19.3 Å². The van der Waals surface area contributed by atoms with Crippen LogP contribution in [0.5, 0.6) is 0 Å². The Hall–Kier alpha value is -1.85. The van der Waals surface area contributed by atoms with Crippen LogP contribution in [0.4, 0.5) is 5.82 Å². The highest BCUT2D eigenvalue weighted by molar-refractivity contribution is 5.81. The van der Waals surface area contributed by atoms with E-state index in [1.165, 1.54) is 0 Å². The monoisotopic (exact) mass is 338 g/mol. The van der Waals surface area contributed by atoms with Crippen molar-refractivity contribution in [3.63, 3.8) is 0 Å². The molecule has 2 aromatic rings. The Morgan fingerprint density at radius 3 is 2.79 bits per heavy atom. The second-order valence-electron chi connectivity index (χ2n) is 6.19. The molecule has 130 valence electrons. The summed E-state index contributed by atoms with van der Waals surface area (Å²) in [6.45, 7) is -0.128. The van der Waals surface area contributed by atoms with Crippen LogP contribution in [0.25, 0.3) is 11.2 Å². The zero-order valence-corrected chi connectivity index (χ0v) is 12.9. The molecule has 1 fully saturated rings. The number of nitrogens with zero attached hydrogens (tertiary/aromatic N) is 4. The van der Waals surface area contributed by atoms with Gasteiger partial charge >= 0.3 is 0 Å². The van der Waals surface area contributed by atoms with Gasteiger partial charge in [0.15, 0.2) is 5.52 Å². The van der Waals surface area contributed by atoms with E-state index in [1.807, 2.05) is 0 Å². The summed E-state index contributed by atoms with van der Waals surface area (Å²) < 4.78 is 9.12. The topological polar surface area (TPSA) is 137 Å². The van der Waals surface area contributed by atoms with Crippen molar-refractivity contribution in [3.8, 4) is 0 Å². The van der Waals surface area contributed by atoms with E-state index in [1.54, 1.807) is 21.8 Å². The Kier molecular flexibility index (Phi) is 3.85. The van der Waals surface area contributed by atoms with Crippen LogP contribution in [0.2, 0.25) is 0 Å². The number of aliphatic hydroxyl groups is 4. The van der Waals surface area contributed by atoms with Gasteiger partial charge in [0.25, 0.3) is 5.82 Å². The summed E-state index contributed by atoms with van der Waals surface area (Å²) in [5.74, 6) is 0.667. The first-order valence-corrected chi connectivity index (χ1v) is 7.87. The molecule has 24 heavy (non-hydrogen) atoms. The quantitative estimate of drug-likeness (QED) is 0.388. The number of imidazole rings is 1. The minimum absolute atomic E-state index is 0.193. The molecule has 0 saturated carbocycles. The highest BCUT2D eigenvalue weighted by atomic mass is 16.5. The van der Waals surface area contributed by atoms with Gasteiger partial charge in [-0.05, 0) is 0 Å². The molecular formula is C14H20N5O5+. The van der Waals surface area contributed by atoms with Crippen LogP contribution in [-0.4, -0.2) is 72.5 Å². The number of fused-ring (bicyclic) bond motifs is 3. The summed E-state index contributed by atoms with van der Waals surface area (Å²) >= 11 is 0. The Morgan fingerprint density at radius 1 is 1.25 bits per heavy atom. The van der Waals surface area contributed by atoms with Crippen LogP contribution in [0.15, 0.2) is 12.7 Å². The first-order chi connectivity index (χ1) is 11.6. The number of rotatable bonds is 3. The Bertz CT molecular complexity index is 752. The molecule has 4 rings (SSSR count). The third-order valence-electron chi connectivity index (χ3n) is 4.66. The molecule has 10 heteroatoms. The number of hydrogen-bond acceptors (Lipinski definition) is 8. The molecule has 5 N–H and O–H groups in total. The summed E-state index contributed by atoms with van der Waals surface area (Å²) in [6.07, 6.45) is 0.981. The molecule has 2 aliphatic heterocycles. The predicted octanol–water partition coefficient (Wildman–Crippen LogP) is -2.49. The van der Waals surface area contributed by atoms with E-state index in [0.29, 0.717) is 29.9 Å². The van der Waals surface area contributed by atoms with Gasteiger partial charge in [-0.3, -0.25) is 9.88 Å². The summed E-state index contributed by atoms with van der Waals surface area (Å²) in [5.41, 5.74) is 1.16. The van der Waals surface area contributed by atoms with Crippen molar-refractivity contribution in [2.45, 2.75) is 43.5 Å². The van der Waals surface area contributed by atoms with E-state index in [9.17, 15) is 20.4 Å². The van der Waals surface area contributed by atoms with E-state index in [4.69, 9.17) is 4.74 Å². The Labute approximate surface area is 137 Å². The van der Waals surface area contributed by atoms with Crippen molar-refractivity contribution < 1.29 is 29.7 Å². The molecule has 10 nitrogen and oxygen atoms in total. The van der Waals surface area contributed by atoms with Gasteiger partial charge in [0.2, 0.25) is 12.0 Å². The number of aromatic nitrogens is 4. The van der Waals surface area contributed by atoms with Gasteiger partial charge in [-0.2, -0.15) is 0 Å². The van der Waals surface area contributed by atoms with Crippen LogP contribution < -0.4 is 9.88 Å². The first kappa shape index (κ1) is 15.7. The fraction of sp³-hybridized carbons (Fsp3) is 0.643. The maximum Gasteiger partial charge on any atom is 0.253 e. The lowest BCUT2D eigenvalue weighted by Crippen LogP contribution is -2.56. The largest absolute Gasteiger partial charge is 0.394 e. The lowest BCUT2D eigenvalue weighted by atomic mass is 10.1. The number of hydrogen-bond donors (Lipinski definition) is 5. The molecule has 0 amide bonds. The predicted molar refractivity (Wildman–Crippen MR) is 79.8 cm³/mol. The minimum Gasteiger partial charge on any atom is -0.394 e. The van der Waals surface area contributed by atoms with E-state index in [2.05, 4.69) is 15.3 Å². The summed E-state index contributed by atoms with van der Waals surface area (Å²) in [6, 6.07) is -0.468. The fourth-order valence-corrected chi connectivity index (χ4v) is 3.29. The SMILES string of the molecule is OC[C@@H]1Nc2c3ncn([C@H]4C[C@H](O)[C@@H](CO)O4)c3nc[n+]2C[C@@H]1O. The smallest absolute Gasteiger partial charge is 0.253 e. The van der Waals surface area contributed by atoms with E-state index >= 15 is 0 Å². The van der Waals surface area contributed by atoms with Crippen LogP contribution in [-0.2, 0) is 11.3 Å². The minimum atomic E-state index is -0.739. The summed E-state index contributed by atoms with van der Waals surface area (Å²) in [7, 11) is 0. The van der Waals surface area contributed by atoms with Gasteiger partial charge < -0.3 is 25.2 Å². The lowest BCUT2D eigenvalue weighted by Gasteiger charge is -2.26. The van der Waals surface area contributed by atoms with Gasteiger partial charge in [-0.1, -0.05) is 4.98 Å². The number of ether oxygens (including phenoxy) is 1. The molecule has 1 saturated heterocycles. The van der Waals surface area contributed by atoms with Crippen molar-refractivity contribution in [3.05, 3.63) is 12.7 Å². The van der Waals surface area contributed by atoms with E-state index in [0.717, 1.165) is 0 Å². The van der Waals surface area contributed by atoms with Crippen molar-refractivity contribution >= 4 is 17.0 Å². The van der Waals surface area contributed by atoms with Crippen LogP contribution in [0, 0.1) is 0 Å². The number of nitrogens with one attached hydrogen (secondary N) is 1. The average Bonchev–Trinajstić information content (AvgIpc) is 3.17. The third kappa shape index (κ3) is 2.34. The molecule has 4 heterocycles. The normalized spacial score (nSPS) is 32.8. The molecule has 0 aliphatic carbocycles. The van der Waals surface area contributed by atoms with Gasteiger partial charge in [0.1, 0.15) is 37.3 Å². The first-order valence-electron chi connectivity index (χ1n) is 7.87. The molecule has 5 atom stereocenters. The molecular weight excluding hydrogens is 318 g/mol. The van der Waals surface area contributed by atoms with E-state index < -0.39 is 30.6 Å². The zero-order valence-electron chi connectivity index (χ0n) is 12.9. The van der Waals surface area contributed by atoms with Crippen molar-refractivity contribution in [1.82, 2.24) is 14.5 Å². The number of aliphatic hydroxyl groups excluding tert-OH is 4. The molecule has 0 unspecified atom stereocenters. The second kappa shape index (κ2) is 5.90. The lowest BCUT2D eigenvalue weighted by molar-refractivity contribution is -0.696. The average molecular weight is 338 g/mol. The van der Waals surface area contributed by atoms with Crippen molar-refractivity contribution in [1.29, 1.82) is 0 Å². The highest BCUT2D eigenvalue weighted by Crippen LogP contribution is 2.31. The molecule has 0 aromatic carbocycles. The third-order valence-corrected chi connectivity index (χ3v) is 4.66. The molecule has 0 spiro atoms. The molecule has 2 aliphatic rings. The van der Waals surface area contributed by atoms with Crippen molar-refractivity contribution in [2.24, 2.45) is 0 Å². The van der Waals surface area contributed by atoms with Gasteiger partial charge in [-0.15, -0.1) is 0 Å². The fourth-order valence-electron chi connectivity index (χ4n) is 3.29. The van der Waals surface area contributed by atoms with Gasteiger partial charge in [0, 0.05) is 6.42 Å². The molecule has 0 bridgehead atoms. The van der Waals surface area contributed by atoms with Crippen LogP contribution in [0.1, 0.15) is 12.6 Å². The van der Waals surface area contributed by atoms with Crippen LogP contribution in [0.3, 0.4) is 0 Å². The maximum absolute atomic E-state index is 9.98. The van der Waals surface area contributed by atoms with E-state index in [-0.39, 0.29) is 13.2 Å². The molecule has 2 aromatic heterocycles. The standard InChI is InChI=1S/C14H19N5O5/c20-3-7-9(23)2-18-5-16-13-12(14(18)17-7)15-6-19(13)11-1-8(22)10(4-21)24-11/h5-11,20-23H,1-4H2/p+1/t7-,8-,9-,10+,11+/m0/s1. The second-order valence-corrected chi connectivity index (χ2v) is 6.19. The molecule has 0 radical (unpaired) electrons. The Balaban J connectivity index is 1.72.